The minimum absolute atomic E-state index is 0.0170. The van der Waals surface area contributed by atoms with Gasteiger partial charge >= 0.3 is 0 Å². The summed E-state index contributed by atoms with van der Waals surface area (Å²) < 4.78 is 0. The lowest BCUT2D eigenvalue weighted by Crippen LogP contribution is -2.62. The van der Waals surface area contributed by atoms with Crippen molar-refractivity contribution in [1.29, 1.82) is 0 Å². The van der Waals surface area contributed by atoms with E-state index in [0.717, 1.165) is 6.92 Å². The first-order chi connectivity index (χ1) is 45.8. The van der Waals surface area contributed by atoms with Crippen LogP contribution in [0.5, 0.6) is 0 Å². The van der Waals surface area contributed by atoms with E-state index in [0.29, 0.717) is 12.8 Å². The van der Waals surface area contributed by atoms with Gasteiger partial charge in [-0.15, -0.1) is 0 Å². The maximum absolute atomic E-state index is 14.5. The van der Waals surface area contributed by atoms with Gasteiger partial charge in [0.2, 0.25) is 76.8 Å². The maximum atomic E-state index is 14.5. The van der Waals surface area contributed by atoms with Crippen LogP contribution in [0.1, 0.15) is 151 Å². The van der Waals surface area contributed by atoms with Crippen LogP contribution in [0.2, 0.25) is 0 Å². The molecule has 13 amide bonds. The topological polar surface area (TPSA) is 700 Å². The van der Waals surface area contributed by atoms with Gasteiger partial charge in [0.25, 0.3) is 0 Å². The summed E-state index contributed by atoms with van der Waals surface area (Å²) in [6.45, 7) is 10.4. The highest BCUT2D eigenvalue weighted by Crippen LogP contribution is 2.14. The van der Waals surface area contributed by atoms with Crippen molar-refractivity contribution in [3.8, 4) is 0 Å². The van der Waals surface area contributed by atoms with Crippen molar-refractivity contribution in [2.24, 2.45) is 90.1 Å². The molecule has 98 heavy (non-hydrogen) atoms. The van der Waals surface area contributed by atoms with Gasteiger partial charge in [-0.1, -0.05) is 34.6 Å². The molecule has 0 aliphatic carbocycles. The highest BCUT2D eigenvalue weighted by atomic mass is 16.3. The van der Waals surface area contributed by atoms with E-state index in [-0.39, 0.29) is 114 Å². The second-order valence-electron chi connectivity index (χ2n) is 24.7. The number of aliphatic imine (C=N–C) groups is 3. The molecule has 0 radical (unpaired) electrons. The normalized spacial score (nSPS) is 15.1. The van der Waals surface area contributed by atoms with Gasteiger partial charge < -0.3 is 126 Å². The Balaban J connectivity index is 7.30. The Morgan fingerprint density at radius 3 is 1.00 bits per heavy atom. The van der Waals surface area contributed by atoms with Gasteiger partial charge in [-0.3, -0.25) is 77.3 Å². The fourth-order valence-corrected chi connectivity index (χ4v) is 9.48. The second-order valence-corrected chi connectivity index (χ2v) is 24.7. The SMILES string of the molecule is CC(C)C[C@H](NC(=O)[C@H](CC(C)C)NC(=O)[C@H](CCCCN)NC(=O)[C@H](CCCN=C(N)N)NC(=O)[C@H](CCC(N)=O)NC(=O)[C@H](CCC(N)=O)NC(=O)[C@H](CCCN=C(N)N)NC(=O)[C@@H](NC(=O)[C@H](CC(C)O)NC(=O)[C@H](CO)NC(=O)[C@@H](C)CCCN=C(N)N)[C@@H](C)O)C(N)=O. The first-order valence-electron chi connectivity index (χ1n) is 32.6. The average Bonchev–Trinajstić information content (AvgIpc) is 0.867. The number of aliphatic hydroxyl groups excluding tert-OH is 3. The van der Waals surface area contributed by atoms with E-state index in [1.54, 1.807) is 20.8 Å². The van der Waals surface area contributed by atoms with Crippen LogP contribution in [0, 0.1) is 17.8 Å². The molecule has 33 N–H and O–H groups in total. The molecule has 0 aromatic rings. The molecule has 39 nitrogen and oxygen atoms in total. The zero-order valence-electron chi connectivity index (χ0n) is 57.3. The van der Waals surface area contributed by atoms with Crippen LogP contribution in [-0.4, -0.2) is 215 Å². The summed E-state index contributed by atoms with van der Waals surface area (Å²) in [6, 6.07) is -15.7. The molecule has 0 aromatic carbocycles. The average molecular weight is 1400 g/mol. The van der Waals surface area contributed by atoms with Crippen LogP contribution in [0.3, 0.4) is 0 Å². The lowest BCUT2D eigenvalue weighted by molar-refractivity contribution is -0.138. The Labute approximate surface area is 570 Å². The van der Waals surface area contributed by atoms with Crippen LogP contribution < -0.4 is 111 Å². The number of nitrogens with two attached hydrogens (primary N) is 10. The predicted octanol–water partition coefficient (Wildman–Crippen LogP) is -8.99. The highest BCUT2D eigenvalue weighted by Gasteiger charge is 2.38. The minimum Gasteiger partial charge on any atom is -0.394 e. The third-order valence-corrected chi connectivity index (χ3v) is 14.7. The number of carbonyl (C=O) groups is 13. The number of unbranched alkanes of at least 4 members (excludes halogenated alkanes) is 1. The molecule has 0 bridgehead atoms. The van der Waals surface area contributed by atoms with Crippen molar-refractivity contribution in [1.82, 2.24) is 53.2 Å². The van der Waals surface area contributed by atoms with Crippen LogP contribution in [0.25, 0.3) is 0 Å². The first kappa shape index (κ1) is 88.8. The summed E-state index contributed by atoms with van der Waals surface area (Å²) >= 11 is 0. The molecular formula is C59H111N23O16. The molecule has 0 spiro atoms. The van der Waals surface area contributed by atoms with Crippen LogP contribution in [0.15, 0.2) is 15.0 Å². The molecule has 0 heterocycles. The number of nitrogens with zero attached hydrogens (tertiary/aromatic N) is 3. The number of nitrogens with one attached hydrogen (secondary N) is 10. The summed E-state index contributed by atoms with van der Waals surface area (Å²) in [6.07, 6.45) is -4.82. The fourth-order valence-electron chi connectivity index (χ4n) is 9.48. The van der Waals surface area contributed by atoms with Crippen LogP contribution in [-0.2, 0) is 62.3 Å². The number of rotatable bonds is 51. The van der Waals surface area contributed by atoms with E-state index in [4.69, 9.17) is 57.3 Å². The number of carbonyl (C=O) groups excluding carboxylic acids is 13. The number of aliphatic hydroxyl groups is 3. The molecule has 558 valence electrons. The zero-order valence-corrected chi connectivity index (χ0v) is 57.3. The Hall–Kier alpha value is -9.24. The van der Waals surface area contributed by atoms with Gasteiger partial charge in [0, 0.05) is 44.8 Å². The van der Waals surface area contributed by atoms with Gasteiger partial charge in [0.05, 0.1) is 18.8 Å². The van der Waals surface area contributed by atoms with E-state index >= 15 is 0 Å². The van der Waals surface area contributed by atoms with Gasteiger partial charge in [0.15, 0.2) is 17.9 Å². The Morgan fingerprint density at radius 1 is 0.347 bits per heavy atom. The molecule has 1 unspecified atom stereocenters. The van der Waals surface area contributed by atoms with Gasteiger partial charge in [0.1, 0.15) is 60.4 Å². The lowest BCUT2D eigenvalue weighted by Gasteiger charge is -2.29. The molecule has 0 aliphatic rings. The molecule has 13 atom stereocenters. The van der Waals surface area contributed by atoms with E-state index in [1.165, 1.54) is 6.92 Å². The van der Waals surface area contributed by atoms with Crippen LogP contribution in [0.4, 0.5) is 0 Å². The largest absolute Gasteiger partial charge is 0.394 e. The smallest absolute Gasteiger partial charge is 0.245 e. The van der Waals surface area contributed by atoms with Crippen molar-refractivity contribution in [3.05, 3.63) is 0 Å². The first-order valence-corrected chi connectivity index (χ1v) is 32.6. The zero-order chi connectivity index (χ0) is 74.9. The van der Waals surface area contributed by atoms with Crippen molar-refractivity contribution >= 4 is 94.7 Å². The number of guanidine groups is 3. The number of amides is 13. The molecular weight excluding hydrogens is 1290 g/mol. The maximum Gasteiger partial charge on any atom is 0.245 e. The molecule has 0 saturated carbocycles. The lowest BCUT2D eigenvalue weighted by atomic mass is 9.99. The fraction of sp³-hybridized carbons (Fsp3) is 0.729. The van der Waals surface area contributed by atoms with Crippen LogP contribution >= 0.6 is 0 Å². The van der Waals surface area contributed by atoms with E-state index in [9.17, 15) is 77.6 Å². The molecule has 39 heteroatoms. The Bertz CT molecular complexity index is 2700. The molecule has 0 aliphatic heterocycles. The van der Waals surface area contributed by atoms with Gasteiger partial charge in [-0.05, 0) is 116 Å². The number of hydrogen-bond acceptors (Lipinski definition) is 20. The third kappa shape index (κ3) is 38.5. The minimum atomic E-state index is -1.94. The Kier molecular flexibility index (Phi) is 43.1. The summed E-state index contributed by atoms with van der Waals surface area (Å²) in [5.74, 6) is -14.5. The molecule has 0 rings (SSSR count). The predicted molar refractivity (Wildman–Crippen MR) is 361 cm³/mol. The van der Waals surface area contributed by atoms with Crippen molar-refractivity contribution < 1.29 is 77.6 Å². The van der Waals surface area contributed by atoms with E-state index in [1.807, 2.05) is 13.8 Å². The van der Waals surface area contributed by atoms with Crippen molar-refractivity contribution in [2.45, 2.75) is 224 Å². The summed E-state index contributed by atoms with van der Waals surface area (Å²) in [5, 5.41) is 56.0. The molecule has 0 aromatic heterocycles. The standard InChI is InChI=1S/C59H111N23O16/c1-29(2)25-39(46(63)88)78-53(95)40(26-30(3)4)79-50(92)34(14-8-9-21-60)73-48(90)35(15-11-23-71-58(66)67)74-51(93)37(17-19-43(61)86)76-52(94)38(18-20-44(62)87)75-49(91)36(16-12-24-72-59(68)69)77-56(98)45(33(7)85)82-54(96)41(27-32(6)84)80-55(97)42(28-83)81-47(89)31(5)13-10-22-70-57(64)65/h29-42,45,83-85H,8-28,60H2,1-7H3,(H2,61,86)(H2,62,87)(H2,63,88)(H,73,90)(H,74,93)(H,75,91)(H,76,94)(H,77,98)(H,78,95)(H,79,92)(H,80,97)(H,81,89)(H,82,96)(H4,64,65,70)(H4,66,67,71)(H4,68,69,72)/t31-,32?,33+,34-,35-,36-,37-,38-,39-,40-,41-,42-,45-/m0/s1. The van der Waals surface area contributed by atoms with E-state index in [2.05, 4.69) is 68.1 Å². The summed E-state index contributed by atoms with van der Waals surface area (Å²) in [7, 11) is 0. The number of primary amides is 3. The van der Waals surface area contributed by atoms with Gasteiger partial charge in [-0.25, -0.2) is 0 Å². The third-order valence-electron chi connectivity index (χ3n) is 14.7. The second kappa shape index (κ2) is 47.6. The summed E-state index contributed by atoms with van der Waals surface area (Å²) in [4.78, 5) is 189. The molecule has 0 saturated heterocycles. The summed E-state index contributed by atoms with van der Waals surface area (Å²) in [5.41, 5.74) is 55.1. The monoisotopic (exact) mass is 1400 g/mol. The van der Waals surface area contributed by atoms with E-state index < -0.39 is 194 Å². The van der Waals surface area contributed by atoms with Crippen molar-refractivity contribution in [3.63, 3.8) is 0 Å². The molecule has 0 fully saturated rings. The quantitative estimate of drug-likeness (QED) is 0.0153. The Morgan fingerprint density at radius 2 is 0.653 bits per heavy atom. The van der Waals surface area contributed by atoms with Crippen molar-refractivity contribution in [2.75, 3.05) is 32.8 Å². The number of hydrogen-bond donors (Lipinski definition) is 23. The van der Waals surface area contributed by atoms with Gasteiger partial charge in [-0.2, -0.15) is 0 Å². The highest BCUT2D eigenvalue weighted by molar-refractivity contribution is 5.99.